The fourth-order valence-corrected chi connectivity index (χ4v) is 5.51. The zero-order chi connectivity index (χ0) is 26.7. The number of anilines is 1. The number of hydrogen-bond acceptors (Lipinski definition) is 14. The maximum Gasteiger partial charge on any atom is 0.278 e. The van der Waals surface area contributed by atoms with Crippen molar-refractivity contribution in [2.45, 2.75) is 18.0 Å². The maximum absolute atomic E-state index is 12.9. The molecular formula is C20H23N9O6S2. The number of aromatic nitrogens is 4. The number of carbonyl (C=O) groups is 3. The summed E-state index contributed by atoms with van der Waals surface area (Å²) < 4.78 is 9.60. The molecular weight excluding hydrogens is 526 g/mol. The van der Waals surface area contributed by atoms with Gasteiger partial charge in [-0.25, -0.2) is 0 Å². The van der Waals surface area contributed by atoms with E-state index in [2.05, 4.69) is 30.0 Å². The summed E-state index contributed by atoms with van der Waals surface area (Å²) in [7, 11) is 5.15. The molecule has 4 rings (SSSR count). The zero-order valence-electron chi connectivity index (χ0n) is 20.0. The summed E-state index contributed by atoms with van der Waals surface area (Å²) in [5, 5.41) is 25.2. The van der Waals surface area contributed by atoms with Gasteiger partial charge in [0.25, 0.3) is 17.7 Å². The van der Waals surface area contributed by atoms with E-state index in [1.165, 1.54) is 25.3 Å². The van der Waals surface area contributed by atoms with E-state index in [1.54, 1.807) is 6.08 Å². The lowest BCUT2D eigenvalue weighted by Gasteiger charge is -2.50. The molecule has 0 unspecified atom stereocenters. The van der Waals surface area contributed by atoms with Gasteiger partial charge in [0, 0.05) is 17.3 Å². The average Bonchev–Trinajstić information content (AvgIpc) is 3.51. The first-order valence-corrected chi connectivity index (χ1v) is 12.6. The number of rotatable bonds is 10. The van der Waals surface area contributed by atoms with Gasteiger partial charge in [0.1, 0.15) is 18.5 Å². The van der Waals surface area contributed by atoms with E-state index in [9.17, 15) is 19.5 Å². The number of carbonyl (C=O) groups excluding carboxylic acids is 3. The minimum absolute atomic E-state index is 0.0510. The standard InChI is InChI=1S/C20H23N9O6S2/c1-29(2,7-11-25-22-9-35-11)6-4-5-10-8-36-18-13(17(31)28(18)14(10)19(32)33)23-16(30)12(26-34-3)15-24-20(21)37-27-15/h4-5,9,13,18H,6-8H2,1-3H3,(H3-,21,23,24,27,30,32,33)/b5-4+,26-12-/t13-,18-/m1/s1. The van der Waals surface area contributed by atoms with Crippen LogP contribution >= 0.6 is 23.3 Å². The van der Waals surface area contributed by atoms with Crippen LogP contribution in [0.25, 0.3) is 0 Å². The second kappa shape index (κ2) is 10.7. The first-order valence-electron chi connectivity index (χ1n) is 10.8. The number of allylic oxidation sites excluding steroid dienone is 1. The SMILES string of the molecule is CO/N=C(\C(=O)N[C@@H]1C(=O)N2C(C(=O)[O-])=C(/C=C/C[N+](C)(C)Cc3nnco3)CS[C@H]12)c1nsc(N)n1. The first-order chi connectivity index (χ1) is 17.6. The van der Waals surface area contributed by atoms with Crippen LogP contribution in [-0.4, -0.2) is 97.4 Å². The molecule has 2 atom stereocenters. The summed E-state index contributed by atoms with van der Waals surface area (Å²) in [6, 6.07) is -0.986. The van der Waals surface area contributed by atoms with Crippen LogP contribution in [0.5, 0.6) is 0 Å². The smallest absolute Gasteiger partial charge is 0.278 e. The number of fused-ring (bicyclic) bond motifs is 1. The van der Waals surface area contributed by atoms with E-state index in [0.717, 1.165) is 16.4 Å². The molecule has 196 valence electrons. The van der Waals surface area contributed by atoms with Gasteiger partial charge in [0.15, 0.2) is 11.7 Å². The van der Waals surface area contributed by atoms with Crippen molar-refractivity contribution in [2.24, 2.45) is 5.16 Å². The summed E-state index contributed by atoms with van der Waals surface area (Å²) in [5.74, 6) is -2.11. The Labute approximate surface area is 218 Å². The molecule has 37 heavy (non-hydrogen) atoms. The van der Waals surface area contributed by atoms with Crippen molar-refractivity contribution in [3.8, 4) is 0 Å². The van der Waals surface area contributed by atoms with Crippen LogP contribution in [0.2, 0.25) is 0 Å². The van der Waals surface area contributed by atoms with E-state index < -0.39 is 29.2 Å². The van der Waals surface area contributed by atoms with E-state index in [0.29, 0.717) is 34.8 Å². The molecule has 2 aromatic rings. The van der Waals surface area contributed by atoms with E-state index in [4.69, 9.17) is 15.0 Å². The lowest BCUT2D eigenvalue weighted by atomic mass is 10.0. The molecule has 2 aliphatic heterocycles. The van der Waals surface area contributed by atoms with Gasteiger partial charge in [-0.1, -0.05) is 11.2 Å². The zero-order valence-corrected chi connectivity index (χ0v) is 21.6. The van der Waals surface area contributed by atoms with Gasteiger partial charge >= 0.3 is 0 Å². The number of hydrogen-bond donors (Lipinski definition) is 2. The van der Waals surface area contributed by atoms with E-state index >= 15 is 0 Å². The minimum atomic E-state index is -1.48. The highest BCUT2D eigenvalue weighted by molar-refractivity contribution is 8.00. The third-order valence-corrected chi connectivity index (χ3v) is 7.26. The Bertz CT molecular complexity index is 1290. The number of likely N-dealkylation sites (N-methyl/N-ethyl adjacent to an activating group) is 1. The number of carboxylic acids is 1. The third kappa shape index (κ3) is 5.62. The molecule has 4 heterocycles. The minimum Gasteiger partial charge on any atom is -0.543 e. The summed E-state index contributed by atoms with van der Waals surface area (Å²) in [4.78, 5) is 47.5. The number of thioether (sulfide) groups is 1. The number of nitrogens with zero attached hydrogens (tertiary/aromatic N) is 7. The van der Waals surface area contributed by atoms with Crippen molar-refractivity contribution in [3.63, 3.8) is 0 Å². The molecule has 0 saturated carbocycles. The fourth-order valence-electron chi connectivity index (χ4n) is 3.75. The van der Waals surface area contributed by atoms with Gasteiger partial charge in [0.2, 0.25) is 17.9 Å². The number of nitrogen functional groups attached to an aromatic ring is 1. The number of quaternary nitrogens is 1. The van der Waals surface area contributed by atoms with Gasteiger partial charge in [-0.2, -0.15) is 9.36 Å². The Morgan fingerprint density at radius 1 is 1.46 bits per heavy atom. The highest BCUT2D eigenvalue weighted by Gasteiger charge is 2.53. The lowest BCUT2D eigenvalue weighted by molar-refractivity contribution is -0.899. The Morgan fingerprint density at radius 3 is 2.86 bits per heavy atom. The summed E-state index contributed by atoms with van der Waals surface area (Å²) in [5.41, 5.74) is 5.52. The summed E-state index contributed by atoms with van der Waals surface area (Å²) >= 11 is 2.18. The van der Waals surface area contributed by atoms with Crippen LogP contribution < -0.4 is 16.2 Å². The highest BCUT2D eigenvalue weighted by Crippen LogP contribution is 2.40. The van der Waals surface area contributed by atoms with Crippen molar-refractivity contribution >= 4 is 51.9 Å². The van der Waals surface area contributed by atoms with Crippen LogP contribution in [0.1, 0.15) is 11.7 Å². The molecule has 0 bridgehead atoms. The molecule has 3 N–H and O–H groups in total. The molecule has 0 radical (unpaired) electrons. The van der Waals surface area contributed by atoms with Crippen LogP contribution in [0.4, 0.5) is 5.13 Å². The number of amides is 2. The van der Waals surface area contributed by atoms with Gasteiger partial charge in [0.05, 0.1) is 32.3 Å². The van der Waals surface area contributed by atoms with Gasteiger partial charge in [-0.15, -0.1) is 22.0 Å². The van der Waals surface area contributed by atoms with Crippen molar-refractivity contribution < 1.29 is 33.2 Å². The van der Waals surface area contributed by atoms with Crippen molar-refractivity contribution in [1.29, 1.82) is 0 Å². The van der Waals surface area contributed by atoms with Crippen LogP contribution in [0.15, 0.2) is 39.4 Å². The number of nitrogens with one attached hydrogen (secondary N) is 1. The van der Waals surface area contributed by atoms with Crippen molar-refractivity contribution in [1.82, 2.24) is 29.8 Å². The number of carboxylic acid groups (broad SMARTS) is 1. The largest absolute Gasteiger partial charge is 0.543 e. The summed E-state index contributed by atoms with van der Waals surface area (Å²) in [6.07, 6.45) is 4.75. The van der Waals surface area contributed by atoms with Gasteiger partial charge in [-0.3, -0.25) is 14.5 Å². The second-order valence-electron chi connectivity index (χ2n) is 8.61. The van der Waals surface area contributed by atoms with Crippen LogP contribution in [-0.2, 0) is 25.8 Å². The predicted octanol–water partition coefficient (Wildman–Crippen LogP) is -1.91. The highest BCUT2D eigenvalue weighted by atomic mass is 32.2. The molecule has 2 aliphatic rings. The molecule has 1 saturated heterocycles. The third-order valence-electron chi connectivity index (χ3n) is 5.42. The van der Waals surface area contributed by atoms with Crippen LogP contribution in [0, 0.1) is 0 Å². The molecule has 0 spiro atoms. The molecule has 2 amide bonds. The Kier molecular flexibility index (Phi) is 7.55. The molecule has 0 aliphatic carbocycles. The molecule has 0 aromatic carbocycles. The molecule has 1 fully saturated rings. The topological polar surface area (TPSA) is 202 Å². The Hall–Kier alpha value is -3.83. The summed E-state index contributed by atoms with van der Waals surface area (Å²) in [6.45, 7) is 1.01. The van der Waals surface area contributed by atoms with Gasteiger partial charge < -0.3 is 34.7 Å². The first kappa shape index (κ1) is 26.2. The van der Waals surface area contributed by atoms with Gasteiger partial charge in [-0.05, 0) is 11.6 Å². The lowest BCUT2D eigenvalue weighted by Crippen LogP contribution is -2.71. The van der Waals surface area contributed by atoms with Crippen LogP contribution in [0.3, 0.4) is 0 Å². The Morgan fingerprint density at radius 2 is 2.24 bits per heavy atom. The quantitative estimate of drug-likeness (QED) is 0.144. The number of aliphatic carboxylic acids is 1. The van der Waals surface area contributed by atoms with Crippen molar-refractivity contribution in [2.75, 3.05) is 39.2 Å². The molecule has 17 heteroatoms. The fraction of sp³-hybridized carbons (Fsp3) is 0.400. The number of β-lactam (4-membered cyclic amide) rings is 1. The van der Waals surface area contributed by atoms with Crippen molar-refractivity contribution in [3.05, 3.63) is 41.5 Å². The average molecular weight is 550 g/mol. The monoisotopic (exact) mass is 549 g/mol. The molecule has 2 aromatic heterocycles. The maximum atomic E-state index is 12.9. The number of nitrogens with two attached hydrogens (primary N) is 1. The normalized spacial score (nSPS) is 20.1. The second-order valence-corrected chi connectivity index (χ2v) is 10.5. The number of oxime groups is 1. The van der Waals surface area contributed by atoms with E-state index in [-0.39, 0.29) is 22.4 Å². The van der Waals surface area contributed by atoms with E-state index in [1.807, 2.05) is 20.2 Å². The Balaban J connectivity index is 1.46. The predicted molar refractivity (Wildman–Crippen MR) is 129 cm³/mol. The molecule has 15 nitrogen and oxygen atoms in total.